The zero-order valence-corrected chi connectivity index (χ0v) is 18.8. The molecule has 5 rings (SSSR count). The van der Waals surface area contributed by atoms with Crippen LogP contribution in [0.5, 0.6) is 5.75 Å². The minimum atomic E-state index is -1.86. The van der Waals surface area contributed by atoms with Crippen LogP contribution >= 0.6 is 0 Å². The van der Waals surface area contributed by atoms with E-state index < -0.39 is 17.5 Å². The highest BCUT2D eigenvalue weighted by Gasteiger charge is 2.45. The van der Waals surface area contributed by atoms with Crippen molar-refractivity contribution in [2.24, 2.45) is 5.84 Å². The molecule has 0 radical (unpaired) electrons. The first-order valence-electron chi connectivity index (χ1n) is 11.1. The number of carbonyl (C=O) groups excluding carboxylic acids is 2. The summed E-state index contributed by atoms with van der Waals surface area (Å²) < 4.78 is 12.3. The number of esters is 1. The van der Waals surface area contributed by atoms with Gasteiger partial charge in [0.15, 0.2) is 12.2 Å². The Balaban J connectivity index is 1.68. The van der Waals surface area contributed by atoms with Crippen molar-refractivity contribution in [1.29, 1.82) is 0 Å². The topological polar surface area (TPSA) is 146 Å². The zero-order chi connectivity index (χ0) is 24.2. The summed E-state index contributed by atoms with van der Waals surface area (Å²) in [5.74, 6) is 4.41. The first kappa shape index (κ1) is 22.1. The number of hydrogen-bond acceptors (Lipinski definition) is 8. The van der Waals surface area contributed by atoms with E-state index in [0.29, 0.717) is 35.6 Å². The number of aryl methyl sites for hydroxylation is 1. The number of nitrogens with zero attached hydrogens (tertiary/aromatic N) is 2. The second-order valence-corrected chi connectivity index (χ2v) is 8.41. The number of benzene rings is 1. The van der Waals surface area contributed by atoms with Crippen LogP contribution in [0.4, 0.5) is 0 Å². The summed E-state index contributed by atoms with van der Waals surface area (Å²) >= 11 is 0. The maximum Gasteiger partial charge on any atom is 0.343 e. The SMILES string of the molecule is CCc1c2c(nc3ccc(OCC(=O)NN)cc13)-c1cc3c(c(=O)n1C2)COC(=O)C3(O)CC. The molecule has 0 bridgehead atoms. The van der Waals surface area contributed by atoms with E-state index in [0.717, 1.165) is 16.5 Å². The van der Waals surface area contributed by atoms with Crippen molar-refractivity contribution in [3.63, 3.8) is 0 Å². The molecule has 176 valence electrons. The van der Waals surface area contributed by atoms with Crippen LogP contribution in [0.25, 0.3) is 22.3 Å². The summed E-state index contributed by atoms with van der Waals surface area (Å²) in [5.41, 5.74) is 4.27. The molecule has 0 saturated carbocycles. The molecule has 2 aromatic heterocycles. The Kier molecular flexibility index (Phi) is 5.14. The van der Waals surface area contributed by atoms with Crippen LogP contribution in [-0.4, -0.2) is 33.1 Å². The molecule has 1 unspecified atom stereocenters. The smallest absolute Gasteiger partial charge is 0.343 e. The molecular weight excluding hydrogens is 440 g/mol. The van der Waals surface area contributed by atoms with Gasteiger partial charge in [-0.1, -0.05) is 13.8 Å². The highest BCUT2D eigenvalue weighted by molar-refractivity contribution is 5.90. The van der Waals surface area contributed by atoms with E-state index in [1.54, 1.807) is 29.7 Å². The maximum absolute atomic E-state index is 13.4. The van der Waals surface area contributed by atoms with Gasteiger partial charge in [-0.3, -0.25) is 15.0 Å². The van der Waals surface area contributed by atoms with Gasteiger partial charge in [0.2, 0.25) is 0 Å². The fourth-order valence-corrected chi connectivity index (χ4v) is 4.83. The number of aliphatic hydroxyl groups is 1. The molecule has 0 aliphatic carbocycles. The number of ether oxygens (including phenoxy) is 2. The number of pyridine rings is 2. The summed E-state index contributed by atoms with van der Waals surface area (Å²) in [5, 5.41) is 11.9. The minimum Gasteiger partial charge on any atom is -0.484 e. The summed E-state index contributed by atoms with van der Waals surface area (Å²) in [6, 6.07) is 7.03. The van der Waals surface area contributed by atoms with Crippen molar-refractivity contribution in [1.82, 2.24) is 15.0 Å². The Morgan fingerprint density at radius 2 is 2.09 bits per heavy atom. The van der Waals surface area contributed by atoms with Gasteiger partial charge in [0.05, 0.1) is 29.0 Å². The molecule has 2 aliphatic rings. The van der Waals surface area contributed by atoms with Gasteiger partial charge in [0, 0.05) is 16.5 Å². The van der Waals surface area contributed by atoms with Crippen LogP contribution < -0.4 is 21.6 Å². The molecule has 2 aliphatic heterocycles. The van der Waals surface area contributed by atoms with E-state index in [1.807, 2.05) is 18.4 Å². The Morgan fingerprint density at radius 1 is 1.29 bits per heavy atom. The van der Waals surface area contributed by atoms with Gasteiger partial charge < -0.3 is 19.1 Å². The molecule has 34 heavy (non-hydrogen) atoms. The van der Waals surface area contributed by atoms with E-state index in [-0.39, 0.29) is 36.3 Å². The number of hydrazine groups is 1. The summed E-state index contributed by atoms with van der Waals surface area (Å²) in [6.45, 7) is 3.63. The van der Waals surface area contributed by atoms with E-state index in [4.69, 9.17) is 20.3 Å². The molecule has 0 saturated heterocycles. The molecule has 3 aromatic rings. The molecule has 0 fully saturated rings. The van der Waals surface area contributed by atoms with Crippen molar-refractivity contribution >= 4 is 22.8 Å². The lowest BCUT2D eigenvalue weighted by Gasteiger charge is -2.31. The standard InChI is InChI=1S/C24H24N4O6/c1-3-13-14-7-12(33-11-20(29)27-25)5-6-18(14)26-21-15(13)9-28-19(21)8-17-16(22(28)30)10-34-23(31)24(17,32)4-2/h5-8,32H,3-4,9-11,25H2,1-2H3,(H,27,29). The summed E-state index contributed by atoms with van der Waals surface area (Å²) in [6.07, 6.45) is 0.766. The molecule has 4 heterocycles. The van der Waals surface area contributed by atoms with Crippen molar-refractivity contribution in [2.45, 2.75) is 45.4 Å². The lowest BCUT2D eigenvalue weighted by atomic mass is 9.86. The maximum atomic E-state index is 13.4. The quantitative estimate of drug-likeness (QED) is 0.172. The first-order chi connectivity index (χ1) is 16.3. The Hall–Kier alpha value is -3.76. The van der Waals surface area contributed by atoms with Gasteiger partial charge in [-0.15, -0.1) is 0 Å². The van der Waals surface area contributed by atoms with Crippen LogP contribution in [0.15, 0.2) is 29.1 Å². The number of nitrogens with two attached hydrogens (primary N) is 1. The number of aromatic nitrogens is 2. The molecule has 1 amide bonds. The van der Waals surface area contributed by atoms with E-state index in [2.05, 4.69) is 0 Å². The number of amides is 1. The molecule has 10 heteroatoms. The van der Waals surface area contributed by atoms with Crippen molar-refractivity contribution in [3.05, 3.63) is 56.9 Å². The fourth-order valence-electron chi connectivity index (χ4n) is 4.83. The predicted octanol–water partition coefficient (Wildman–Crippen LogP) is 1.01. The van der Waals surface area contributed by atoms with E-state index in [1.165, 1.54) is 0 Å². The Labute approximate surface area is 194 Å². The number of hydrogen-bond donors (Lipinski definition) is 3. The molecule has 4 N–H and O–H groups in total. The third kappa shape index (κ3) is 3.10. The second-order valence-electron chi connectivity index (χ2n) is 8.41. The number of rotatable bonds is 5. The predicted molar refractivity (Wildman–Crippen MR) is 122 cm³/mol. The van der Waals surface area contributed by atoms with Crippen LogP contribution in [-0.2, 0) is 39.5 Å². The number of cyclic esters (lactones) is 1. The van der Waals surface area contributed by atoms with Gasteiger partial charge in [-0.2, -0.15) is 0 Å². The normalized spacial score (nSPS) is 18.2. The van der Waals surface area contributed by atoms with E-state index >= 15 is 0 Å². The second kappa shape index (κ2) is 7.93. The lowest BCUT2D eigenvalue weighted by molar-refractivity contribution is -0.172. The first-order valence-corrected chi connectivity index (χ1v) is 11.1. The highest BCUT2D eigenvalue weighted by atomic mass is 16.6. The van der Waals surface area contributed by atoms with Crippen molar-refractivity contribution < 1.29 is 24.2 Å². The number of carbonyl (C=O) groups is 2. The van der Waals surface area contributed by atoms with Crippen molar-refractivity contribution in [2.75, 3.05) is 6.61 Å². The lowest BCUT2D eigenvalue weighted by Crippen LogP contribution is -2.44. The van der Waals surface area contributed by atoms with Gasteiger partial charge in [0.1, 0.15) is 12.4 Å². The van der Waals surface area contributed by atoms with E-state index in [9.17, 15) is 19.5 Å². The molecule has 1 aromatic carbocycles. The molecule has 0 spiro atoms. The minimum absolute atomic E-state index is 0.0882. The summed E-state index contributed by atoms with van der Waals surface area (Å²) in [4.78, 5) is 42.0. The zero-order valence-electron chi connectivity index (χ0n) is 18.8. The van der Waals surface area contributed by atoms with Crippen LogP contribution in [0.2, 0.25) is 0 Å². The third-order valence-corrected chi connectivity index (χ3v) is 6.66. The Bertz CT molecular complexity index is 1430. The van der Waals surface area contributed by atoms with Crippen molar-refractivity contribution in [3.8, 4) is 17.1 Å². The average Bonchev–Trinajstić information content (AvgIpc) is 3.22. The van der Waals surface area contributed by atoms with Gasteiger partial charge in [-0.25, -0.2) is 15.6 Å². The molecule has 10 nitrogen and oxygen atoms in total. The third-order valence-electron chi connectivity index (χ3n) is 6.66. The highest BCUT2D eigenvalue weighted by Crippen LogP contribution is 2.40. The number of nitrogens with one attached hydrogen (secondary N) is 1. The fraction of sp³-hybridized carbons (Fsp3) is 0.333. The Morgan fingerprint density at radius 3 is 2.79 bits per heavy atom. The van der Waals surface area contributed by atoms with Crippen LogP contribution in [0.3, 0.4) is 0 Å². The van der Waals surface area contributed by atoms with Crippen LogP contribution in [0, 0.1) is 0 Å². The monoisotopic (exact) mass is 464 g/mol. The largest absolute Gasteiger partial charge is 0.484 e. The summed E-state index contributed by atoms with van der Waals surface area (Å²) in [7, 11) is 0. The number of fused-ring (bicyclic) bond motifs is 5. The van der Waals surface area contributed by atoms with Crippen LogP contribution in [0.1, 0.15) is 42.5 Å². The van der Waals surface area contributed by atoms with Gasteiger partial charge in [0.25, 0.3) is 11.5 Å². The molecular formula is C24H24N4O6. The van der Waals surface area contributed by atoms with Gasteiger partial charge >= 0.3 is 5.97 Å². The molecule has 1 atom stereocenters. The average molecular weight is 464 g/mol. The van der Waals surface area contributed by atoms with Gasteiger partial charge in [-0.05, 0) is 42.7 Å².